The third-order valence-electron chi connectivity index (χ3n) is 3.02. The summed E-state index contributed by atoms with van der Waals surface area (Å²) >= 11 is 0. The Hall–Kier alpha value is -1.90. The normalized spacial score (nSPS) is 12.1. The van der Waals surface area contributed by atoms with Crippen molar-refractivity contribution in [3.05, 3.63) is 18.3 Å². The molecule has 0 spiro atoms. The van der Waals surface area contributed by atoms with E-state index in [2.05, 4.69) is 10.3 Å². The van der Waals surface area contributed by atoms with Crippen LogP contribution in [-0.4, -0.2) is 73.8 Å². The molecule has 0 unspecified atom stereocenters. The molecule has 0 aliphatic rings. The number of hydrogen-bond acceptors (Lipinski definition) is 6. The van der Waals surface area contributed by atoms with Crippen molar-refractivity contribution in [2.75, 3.05) is 45.8 Å². The Labute approximate surface area is 142 Å². The summed E-state index contributed by atoms with van der Waals surface area (Å²) in [4.78, 5) is 17.4. The van der Waals surface area contributed by atoms with Crippen molar-refractivity contribution in [1.82, 2.24) is 9.88 Å². The van der Waals surface area contributed by atoms with Crippen molar-refractivity contribution in [2.45, 2.75) is 26.1 Å². The van der Waals surface area contributed by atoms with E-state index in [0.29, 0.717) is 24.8 Å². The highest BCUT2D eigenvalue weighted by Crippen LogP contribution is 2.11. The van der Waals surface area contributed by atoms with Crippen molar-refractivity contribution in [3.63, 3.8) is 0 Å². The molecule has 0 aliphatic heterocycles. The quantitative estimate of drug-likeness (QED) is 0.624. The molecule has 136 valence electrons. The van der Waals surface area contributed by atoms with Gasteiger partial charge in [-0.3, -0.25) is 0 Å². The zero-order chi connectivity index (χ0) is 17.9. The standard InChI is InChI=1S/C16H27N3O5/c1-12(2)24-8-7-23-11-14(20)10-19(3)16(21)18-13-5-6-15(22-4)17-9-13/h5-6,9,12,14,20H,7-8,10-11H2,1-4H3,(H,18,21)/t14-/m0/s1. The van der Waals surface area contributed by atoms with Crippen LogP contribution in [-0.2, 0) is 9.47 Å². The number of nitrogens with one attached hydrogen (secondary N) is 1. The van der Waals surface area contributed by atoms with Gasteiger partial charge in [0, 0.05) is 13.1 Å². The molecule has 1 rings (SSSR count). The summed E-state index contributed by atoms with van der Waals surface area (Å²) in [6.45, 7) is 5.07. The van der Waals surface area contributed by atoms with Crippen LogP contribution in [0, 0.1) is 0 Å². The lowest BCUT2D eigenvalue weighted by molar-refractivity contribution is -0.0144. The van der Waals surface area contributed by atoms with Crippen LogP contribution in [0.25, 0.3) is 0 Å². The van der Waals surface area contributed by atoms with Crippen molar-refractivity contribution < 1.29 is 24.1 Å². The average molecular weight is 341 g/mol. The predicted octanol–water partition coefficient (Wildman–Crippen LogP) is 1.36. The maximum absolute atomic E-state index is 12.0. The summed E-state index contributed by atoms with van der Waals surface area (Å²) in [6.07, 6.45) is 0.883. The van der Waals surface area contributed by atoms with Crippen molar-refractivity contribution in [3.8, 4) is 5.88 Å². The van der Waals surface area contributed by atoms with E-state index in [0.717, 1.165) is 0 Å². The molecule has 1 atom stereocenters. The number of aliphatic hydroxyl groups is 1. The molecule has 24 heavy (non-hydrogen) atoms. The topological polar surface area (TPSA) is 93.2 Å². The van der Waals surface area contributed by atoms with E-state index >= 15 is 0 Å². The summed E-state index contributed by atoms with van der Waals surface area (Å²) in [6, 6.07) is 2.99. The van der Waals surface area contributed by atoms with Crippen LogP contribution < -0.4 is 10.1 Å². The zero-order valence-electron chi connectivity index (χ0n) is 14.7. The smallest absolute Gasteiger partial charge is 0.321 e. The van der Waals surface area contributed by atoms with Crippen molar-refractivity contribution in [1.29, 1.82) is 0 Å². The number of hydrogen-bond donors (Lipinski definition) is 2. The molecule has 1 heterocycles. The van der Waals surface area contributed by atoms with Gasteiger partial charge in [-0.1, -0.05) is 0 Å². The van der Waals surface area contributed by atoms with E-state index in [4.69, 9.17) is 14.2 Å². The SMILES string of the molecule is COc1ccc(NC(=O)N(C)C[C@H](O)COCCOC(C)C)cn1. The Morgan fingerprint density at radius 2 is 2.12 bits per heavy atom. The molecule has 0 fully saturated rings. The molecule has 0 radical (unpaired) electrons. The van der Waals surface area contributed by atoms with Gasteiger partial charge in [0.05, 0.1) is 57.6 Å². The summed E-state index contributed by atoms with van der Waals surface area (Å²) in [5, 5.41) is 12.6. The molecular formula is C16H27N3O5. The van der Waals surface area contributed by atoms with Crippen LogP contribution in [0.5, 0.6) is 5.88 Å². The molecule has 0 saturated heterocycles. The number of carbonyl (C=O) groups is 1. The fraction of sp³-hybridized carbons (Fsp3) is 0.625. The van der Waals surface area contributed by atoms with Gasteiger partial charge in [0.15, 0.2) is 0 Å². The molecule has 0 bridgehead atoms. The van der Waals surface area contributed by atoms with Gasteiger partial charge in [-0.05, 0) is 19.9 Å². The Balaban J connectivity index is 2.26. The number of methoxy groups -OCH3 is 1. The Kier molecular flexibility index (Phi) is 9.06. The number of pyridine rings is 1. The van der Waals surface area contributed by atoms with Gasteiger partial charge in [0.2, 0.25) is 5.88 Å². The van der Waals surface area contributed by atoms with Crippen LogP contribution in [0.15, 0.2) is 18.3 Å². The second-order valence-corrected chi connectivity index (χ2v) is 5.55. The van der Waals surface area contributed by atoms with Gasteiger partial charge in [0.1, 0.15) is 0 Å². The fourth-order valence-corrected chi connectivity index (χ4v) is 1.81. The zero-order valence-corrected chi connectivity index (χ0v) is 14.7. The van der Waals surface area contributed by atoms with Crippen LogP contribution in [0.3, 0.4) is 0 Å². The minimum absolute atomic E-state index is 0.142. The first kappa shape index (κ1) is 20.1. The van der Waals surface area contributed by atoms with Crippen molar-refractivity contribution in [2.24, 2.45) is 0 Å². The minimum atomic E-state index is -0.770. The number of likely N-dealkylation sites (N-methyl/N-ethyl adjacent to an activating group) is 1. The number of carbonyl (C=O) groups excluding carboxylic acids is 1. The maximum Gasteiger partial charge on any atom is 0.321 e. The summed E-state index contributed by atoms with van der Waals surface area (Å²) in [5.74, 6) is 0.468. The summed E-state index contributed by atoms with van der Waals surface area (Å²) < 4.78 is 15.6. The molecule has 2 amide bonds. The number of rotatable bonds is 10. The van der Waals surface area contributed by atoms with Crippen LogP contribution in [0.1, 0.15) is 13.8 Å². The van der Waals surface area contributed by atoms with Crippen LogP contribution in [0.2, 0.25) is 0 Å². The number of nitrogens with zero attached hydrogens (tertiary/aromatic N) is 2. The number of aromatic nitrogens is 1. The largest absolute Gasteiger partial charge is 0.481 e. The van der Waals surface area contributed by atoms with Gasteiger partial charge in [-0.25, -0.2) is 9.78 Å². The molecule has 1 aromatic rings. The lowest BCUT2D eigenvalue weighted by Gasteiger charge is -2.21. The van der Waals surface area contributed by atoms with E-state index in [1.165, 1.54) is 18.2 Å². The first-order valence-corrected chi connectivity index (χ1v) is 7.82. The molecule has 8 nitrogen and oxygen atoms in total. The molecule has 0 aromatic carbocycles. The molecule has 0 saturated carbocycles. The van der Waals surface area contributed by atoms with Crippen molar-refractivity contribution >= 4 is 11.7 Å². The first-order valence-electron chi connectivity index (χ1n) is 7.82. The third kappa shape index (κ3) is 8.09. The average Bonchev–Trinajstić information content (AvgIpc) is 2.54. The highest BCUT2D eigenvalue weighted by molar-refractivity contribution is 5.88. The number of anilines is 1. The fourth-order valence-electron chi connectivity index (χ4n) is 1.81. The monoisotopic (exact) mass is 341 g/mol. The Morgan fingerprint density at radius 3 is 2.71 bits per heavy atom. The van der Waals surface area contributed by atoms with Crippen LogP contribution >= 0.6 is 0 Å². The van der Waals surface area contributed by atoms with E-state index < -0.39 is 6.10 Å². The second kappa shape index (κ2) is 10.8. The number of urea groups is 1. The number of amides is 2. The van der Waals surface area contributed by atoms with Gasteiger partial charge >= 0.3 is 6.03 Å². The summed E-state index contributed by atoms with van der Waals surface area (Å²) in [5.41, 5.74) is 0.546. The van der Waals surface area contributed by atoms with E-state index in [-0.39, 0.29) is 25.3 Å². The van der Waals surface area contributed by atoms with Gasteiger partial charge < -0.3 is 29.5 Å². The van der Waals surface area contributed by atoms with E-state index in [9.17, 15) is 9.90 Å². The van der Waals surface area contributed by atoms with E-state index in [1.54, 1.807) is 19.2 Å². The maximum atomic E-state index is 12.0. The number of aliphatic hydroxyl groups excluding tert-OH is 1. The van der Waals surface area contributed by atoms with E-state index in [1.807, 2.05) is 13.8 Å². The molecule has 2 N–H and O–H groups in total. The number of ether oxygens (including phenoxy) is 3. The lowest BCUT2D eigenvalue weighted by Crippen LogP contribution is -2.39. The minimum Gasteiger partial charge on any atom is -0.481 e. The first-order chi connectivity index (χ1) is 11.4. The predicted molar refractivity (Wildman–Crippen MR) is 90.4 cm³/mol. The Bertz CT molecular complexity index is 481. The highest BCUT2D eigenvalue weighted by Gasteiger charge is 2.14. The highest BCUT2D eigenvalue weighted by atomic mass is 16.5. The third-order valence-corrected chi connectivity index (χ3v) is 3.02. The van der Waals surface area contributed by atoms with Gasteiger partial charge in [-0.15, -0.1) is 0 Å². The lowest BCUT2D eigenvalue weighted by atomic mass is 10.3. The molecule has 8 heteroatoms. The van der Waals surface area contributed by atoms with Gasteiger partial charge in [0.25, 0.3) is 0 Å². The Morgan fingerprint density at radius 1 is 1.38 bits per heavy atom. The molecule has 1 aromatic heterocycles. The summed E-state index contributed by atoms with van der Waals surface area (Å²) in [7, 11) is 3.12. The van der Waals surface area contributed by atoms with Crippen LogP contribution in [0.4, 0.5) is 10.5 Å². The molecule has 0 aliphatic carbocycles. The van der Waals surface area contributed by atoms with Gasteiger partial charge in [-0.2, -0.15) is 0 Å². The molecular weight excluding hydrogens is 314 g/mol. The second-order valence-electron chi connectivity index (χ2n) is 5.55.